The summed E-state index contributed by atoms with van der Waals surface area (Å²) in [5.74, 6) is 1.94. The fourth-order valence-electron chi connectivity index (χ4n) is 6.19. The van der Waals surface area contributed by atoms with E-state index in [4.69, 9.17) is 24.4 Å². The second kappa shape index (κ2) is 11.2. The van der Waals surface area contributed by atoms with Gasteiger partial charge in [0.1, 0.15) is 11.2 Å². The van der Waals surface area contributed by atoms with Crippen LogP contribution in [0.1, 0.15) is 0 Å². The molecule has 0 aliphatic rings. The van der Waals surface area contributed by atoms with Gasteiger partial charge in [0.15, 0.2) is 17.5 Å². The lowest BCUT2D eigenvalue weighted by Crippen LogP contribution is -2.00. The van der Waals surface area contributed by atoms with Crippen molar-refractivity contribution in [3.05, 3.63) is 158 Å². The van der Waals surface area contributed by atoms with Crippen molar-refractivity contribution in [1.29, 1.82) is 0 Å². The Hall–Kier alpha value is -6.46. The largest absolute Gasteiger partial charge is 0.455 e. The highest BCUT2D eigenvalue weighted by Crippen LogP contribution is 2.39. The first-order chi connectivity index (χ1) is 23.3. The van der Waals surface area contributed by atoms with Crippen molar-refractivity contribution < 1.29 is 4.42 Å². The summed E-state index contributed by atoms with van der Waals surface area (Å²) < 4.78 is 6.38. The summed E-state index contributed by atoms with van der Waals surface area (Å²) in [7, 11) is 0. The van der Waals surface area contributed by atoms with Crippen LogP contribution in [-0.2, 0) is 0 Å². The topological polar surface area (TPSA) is 64.7 Å². The first kappa shape index (κ1) is 26.9. The van der Waals surface area contributed by atoms with Crippen LogP contribution in [-0.4, -0.2) is 19.9 Å². The second-order valence-corrected chi connectivity index (χ2v) is 11.5. The van der Waals surface area contributed by atoms with Crippen LogP contribution in [0, 0.1) is 0 Å². The van der Waals surface area contributed by atoms with Crippen LogP contribution in [0.15, 0.2) is 162 Å². The highest BCUT2D eigenvalue weighted by Gasteiger charge is 2.18. The number of benzene rings is 6. The Labute approximate surface area is 270 Å². The summed E-state index contributed by atoms with van der Waals surface area (Å²) >= 11 is 0. The van der Waals surface area contributed by atoms with Crippen LogP contribution in [0.5, 0.6) is 0 Å². The van der Waals surface area contributed by atoms with E-state index < -0.39 is 0 Å². The molecule has 0 unspecified atom stereocenters. The molecule has 3 aromatic heterocycles. The zero-order valence-corrected chi connectivity index (χ0v) is 25.2. The second-order valence-electron chi connectivity index (χ2n) is 11.5. The quantitative estimate of drug-likeness (QED) is 0.196. The monoisotopic (exact) mass is 602 g/mol. The summed E-state index contributed by atoms with van der Waals surface area (Å²) in [6, 6.07) is 53.4. The van der Waals surface area contributed by atoms with Gasteiger partial charge in [0.25, 0.3) is 0 Å². The molecule has 220 valence electrons. The summed E-state index contributed by atoms with van der Waals surface area (Å²) in [6.07, 6.45) is 0. The van der Waals surface area contributed by atoms with Crippen molar-refractivity contribution in [1.82, 2.24) is 19.9 Å². The number of pyridine rings is 1. The Balaban J connectivity index is 1.08. The first-order valence-electron chi connectivity index (χ1n) is 15.6. The smallest absolute Gasteiger partial charge is 0.164 e. The molecule has 47 heavy (non-hydrogen) atoms. The molecule has 0 aliphatic carbocycles. The molecule has 0 atom stereocenters. The molecule has 0 amide bonds. The number of hydrogen-bond donors (Lipinski definition) is 0. The van der Waals surface area contributed by atoms with E-state index in [9.17, 15) is 0 Å². The predicted octanol–water partition coefficient (Wildman–Crippen LogP) is 10.7. The lowest BCUT2D eigenvalue weighted by atomic mass is 9.99. The number of aromatic nitrogens is 4. The van der Waals surface area contributed by atoms with Gasteiger partial charge in [-0.1, -0.05) is 140 Å². The van der Waals surface area contributed by atoms with Gasteiger partial charge in [0.05, 0.1) is 16.6 Å². The highest BCUT2D eigenvalue weighted by molar-refractivity contribution is 6.19. The molecule has 6 aromatic carbocycles. The van der Waals surface area contributed by atoms with Gasteiger partial charge in [-0.25, -0.2) is 19.9 Å². The molecular formula is C42H26N4O. The number of rotatable bonds is 5. The average Bonchev–Trinajstić information content (AvgIpc) is 3.55. The number of para-hydroxylation sites is 2. The van der Waals surface area contributed by atoms with E-state index in [-0.39, 0.29) is 0 Å². The number of nitrogens with zero attached hydrogens (tertiary/aromatic N) is 4. The van der Waals surface area contributed by atoms with E-state index >= 15 is 0 Å². The lowest BCUT2D eigenvalue weighted by molar-refractivity contribution is 0.672. The van der Waals surface area contributed by atoms with Crippen molar-refractivity contribution in [2.45, 2.75) is 0 Å². The van der Waals surface area contributed by atoms with Crippen LogP contribution < -0.4 is 0 Å². The normalized spacial score (nSPS) is 11.4. The molecule has 9 rings (SSSR count). The Morgan fingerprint density at radius 1 is 0.340 bits per heavy atom. The summed E-state index contributed by atoms with van der Waals surface area (Å²) in [6.45, 7) is 0. The lowest BCUT2D eigenvalue weighted by Gasteiger charge is -2.10. The molecular weight excluding hydrogens is 576 g/mol. The standard InChI is InChI=1S/C42H26N4O/c1-3-11-30(12-4-1)40-44-41(31-13-5-2-6-14-31)46-42(45-40)32-25-21-28(22-26-32)27-19-23-29(24-20-27)38-37-34-16-8-10-18-36(34)47-39(37)33-15-7-9-17-35(33)43-38/h1-26H. The number of furan rings is 1. The molecule has 0 spiro atoms. The molecule has 0 N–H and O–H groups in total. The van der Waals surface area contributed by atoms with Crippen molar-refractivity contribution >= 4 is 32.8 Å². The van der Waals surface area contributed by atoms with Gasteiger partial charge in [-0.3, -0.25) is 0 Å². The van der Waals surface area contributed by atoms with Gasteiger partial charge < -0.3 is 4.42 Å². The van der Waals surface area contributed by atoms with Crippen molar-refractivity contribution in [2.75, 3.05) is 0 Å². The zero-order valence-electron chi connectivity index (χ0n) is 25.2. The highest BCUT2D eigenvalue weighted by atomic mass is 16.3. The van der Waals surface area contributed by atoms with Gasteiger partial charge in [-0.2, -0.15) is 0 Å². The van der Waals surface area contributed by atoms with E-state index in [1.54, 1.807) is 0 Å². The van der Waals surface area contributed by atoms with Crippen LogP contribution in [0.4, 0.5) is 0 Å². The predicted molar refractivity (Wildman–Crippen MR) is 190 cm³/mol. The van der Waals surface area contributed by atoms with E-state index in [1.807, 2.05) is 97.1 Å². The van der Waals surface area contributed by atoms with Crippen molar-refractivity contribution in [3.8, 4) is 56.5 Å². The fraction of sp³-hybridized carbons (Fsp3) is 0. The Morgan fingerprint density at radius 3 is 1.38 bits per heavy atom. The van der Waals surface area contributed by atoms with Crippen LogP contribution >= 0.6 is 0 Å². The minimum absolute atomic E-state index is 0.637. The van der Waals surface area contributed by atoms with E-state index in [2.05, 4.69) is 60.7 Å². The summed E-state index contributed by atoms with van der Waals surface area (Å²) in [5, 5.41) is 3.13. The number of fused-ring (bicyclic) bond motifs is 5. The van der Waals surface area contributed by atoms with Gasteiger partial charge in [0.2, 0.25) is 0 Å². The van der Waals surface area contributed by atoms with Crippen molar-refractivity contribution in [3.63, 3.8) is 0 Å². The Kier molecular flexibility index (Phi) is 6.39. The maximum atomic E-state index is 6.38. The molecule has 0 radical (unpaired) electrons. The molecule has 0 aliphatic heterocycles. The van der Waals surface area contributed by atoms with Gasteiger partial charge >= 0.3 is 0 Å². The summed E-state index contributed by atoms with van der Waals surface area (Å²) in [4.78, 5) is 19.7. The molecule has 0 saturated heterocycles. The van der Waals surface area contributed by atoms with E-state index in [0.29, 0.717) is 17.5 Å². The Bertz CT molecular complexity index is 2480. The van der Waals surface area contributed by atoms with E-state index in [1.165, 1.54) is 0 Å². The third kappa shape index (κ3) is 4.82. The van der Waals surface area contributed by atoms with Crippen molar-refractivity contribution in [2.24, 2.45) is 0 Å². The molecule has 5 heteroatoms. The van der Waals surface area contributed by atoms with E-state index in [0.717, 1.165) is 71.9 Å². The van der Waals surface area contributed by atoms with Gasteiger partial charge in [-0.05, 0) is 29.3 Å². The third-order valence-electron chi connectivity index (χ3n) is 8.55. The third-order valence-corrected chi connectivity index (χ3v) is 8.55. The molecule has 0 fully saturated rings. The molecule has 5 nitrogen and oxygen atoms in total. The maximum absolute atomic E-state index is 6.38. The Morgan fingerprint density at radius 2 is 0.787 bits per heavy atom. The van der Waals surface area contributed by atoms with Crippen LogP contribution in [0.2, 0.25) is 0 Å². The molecule has 0 saturated carbocycles. The average molecular weight is 603 g/mol. The molecule has 9 aromatic rings. The van der Waals surface area contributed by atoms with Crippen LogP contribution in [0.25, 0.3) is 89.4 Å². The summed E-state index contributed by atoms with van der Waals surface area (Å²) in [5.41, 5.74) is 9.65. The minimum Gasteiger partial charge on any atom is -0.455 e. The van der Waals surface area contributed by atoms with Gasteiger partial charge in [0, 0.05) is 33.0 Å². The maximum Gasteiger partial charge on any atom is 0.164 e. The fourth-order valence-corrected chi connectivity index (χ4v) is 6.19. The number of hydrogen-bond acceptors (Lipinski definition) is 5. The zero-order chi connectivity index (χ0) is 31.2. The van der Waals surface area contributed by atoms with Gasteiger partial charge in [-0.15, -0.1) is 0 Å². The first-order valence-corrected chi connectivity index (χ1v) is 15.6. The SMILES string of the molecule is c1ccc(-c2nc(-c3ccccc3)nc(-c3ccc(-c4ccc(-c5nc6ccccc6c6oc7ccccc7c56)cc4)cc3)n2)cc1. The molecule has 0 bridgehead atoms. The molecule has 3 heterocycles. The van der Waals surface area contributed by atoms with Crippen LogP contribution in [0.3, 0.4) is 0 Å². The minimum atomic E-state index is 0.637.